The number of fused-ring (bicyclic) bond motifs is 2. The number of nitrogens with zero attached hydrogens (tertiary/aromatic N) is 4. The molecule has 4 rings (SSSR count). The smallest absolute Gasteiger partial charge is 0.234 e. The molecule has 2 aromatic heterocycles. The molecule has 0 spiro atoms. The maximum atomic E-state index is 14.1. The first-order chi connectivity index (χ1) is 14.0. The fraction of sp³-hybridized carbons (Fsp3) is 0.263. The van der Waals surface area contributed by atoms with Crippen molar-refractivity contribution in [1.29, 1.82) is 0 Å². The van der Waals surface area contributed by atoms with Crippen LogP contribution in [-0.4, -0.2) is 52.4 Å². The number of likely N-dealkylation sites (N-methyl/N-ethyl adjacent to an activating group) is 1. The van der Waals surface area contributed by atoms with Gasteiger partial charge in [0.25, 0.3) is 0 Å². The van der Waals surface area contributed by atoms with E-state index in [4.69, 9.17) is 11.6 Å². The van der Waals surface area contributed by atoms with Crippen molar-refractivity contribution in [2.45, 2.75) is 6.54 Å². The highest BCUT2D eigenvalue weighted by atomic mass is 35.5. The number of carbonyl (C=O) groups is 1. The third-order valence-corrected chi connectivity index (χ3v) is 4.78. The Hall–Kier alpha value is -3.04. The molecule has 0 saturated heterocycles. The van der Waals surface area contributed by atoms with Gasteiger partial charge < -0.3 is 16.0 Å². The summed E-state index contributed by atoms with van der Waals surface area (Å²) in [5, 5.41) is 9.22. The molecule has 0 saturated carbocycles. The van der Waals surface area contributed by atoms with E-state index in [1.54, 1.807) is 11.9 Å². The maximum absolute atomic E-state index is 14.1. The van der Waals surface area contributed by atoms with E-state index in [1.807, 2.05) is 12.1 Å². The molecule has 0 unspecified atom stereocenters. The van der Waals surface area contributed by atoms with Crippen LogP contribution in [0.15, 0.2) is 30.6 Å². The number of hydrogen-bond donors (Lipinski definition) is 3. The normalized spacial score (nSPS) is 15.6. The Kier molecular flexibility index (Phi) is 5.41. The van der Waals surface area contributed by atoms with Crippen molar-refractivity contribution >= 4 is 45.9 Å². The molecular formula is C19H19ClFN7O. The Balaban J connectivity index is 1.81. The summed E-state index contributed by atoms with van der Waals surface area (Å²) < 4.78 is 14.1. The predicted octanol–water partition coefficient (Wildman–Crippen LogP) is 2.53. The van der Waals surface area contributed by atoms with Crippen LogP contribution in [0.5, 0.6) is 0 Å². The largest absolute Gasteiger partial charge is 0.368 e. The van der Waals surface area contributed by atoms with Gasteiger partial charge in [0.15, 0.2) is 5.82 Å². The van der Waals surface area contributed by atoms with Gasteiger partial charge in [-0.15, -0.1) is 0 Å². The minimum atomic E-state index is -0.528. The van der Waals surface area contributed by atoms with Crippen molar-refractivity contribution in [3.05, 3.63) is 47.0 Å². The molecule has 0 aliphatic carbocycles. The van der Waals surface area contributed by atoms with Crippen LogP contribution in [-0.2, 0) is 11.3 Å². The molecule has 150 valence electrons. The SMILES string of the molecule is CN1CC(=O)NCCNc2ccc3ncnc(c3n2)Nc2cc(Cl)c(F)cc2C1. The lowest BCUT2D eigenvalue weighted by molar-refractivity contribution is -0.121. The average molecular weight is 416 g/mol. The lowest BCUT2D eigenvalue weighted by atomic mass is 10.1. The molecule has 3 aromatic rings. The van der Waals surface area contributed by atoms with Crippen molar-refractivity contribution in [1.82, 2.24) is 25.2 Å². The Morgan fingerprint density at radius 3 is 2.83 bits per heavy atom. The summed E-state index contributed by atoms with van der Waals surface area (Å²) >= 11 is 6.02. The van der Waals surface area contributed by atoms with E-state index in [1.165, 1.54) is 18.5 Å². The van der Waals surface area contributed by atoms with Crippen molar-refractivity contribution in [3.63, 3.8) is 0 Å². The number of rotatable bonds is 0. The van der Waals surface area contributed by atoms with E-state index in [9.17, 15) is 9.18 Å². The van der Waals surface area contributed by atoms with Gasteiger partial charge in [-0.05, 0) is 36.9 Å². The monoisotopic (exact) mass is 415 g/mol. The van der Waals surface area contributed by atoms with Gasteiger partial charge in [0, 0.05) is 25.3 Å². The molecule has 10 heteroatoms. The van der Waals surface area contributed by atoms with Gasteiger partial charge in [0.2, 0.25) is 5.91 Å². The second kappa shape index (κ2) is 8.14. The van der Waals surface area contributed by atoms with Crippen LogP contribution >= 0.6 is 11.6 Å². The molecule has 1 aromatic carbocycles. The van der Waals surface area contributed by atoms with Gasteiger partial charge in [-0.25, -0.2) is 19.3 Å². The fourth-order valence-electron chi connectivity index (χ4n) is 3.13. The second-order valence-corrected chi connectivity index (χ2v) is 7.19. The number of amides is 1. The summed E-state index contributed by atoms with van der Waals surface area (Å²) in [6, 6.07) is 6.52. The second-order valence-electron chi connectivity index (χ2n) is 6.78. The number of nitrogens with one attached hydrogen (secondary N) is 3. The summed E-state index contributed by atoms with van der Waals surface area (Å²) in [5.41, 5.74) is 2.45. The molecule has 29 heavy (non-hydrogen) atoms. The molecular weight excluding hydrogens is 397 g/mol. The third-order valence-electron chi connectivity index (χ3n) is 4.49. The highest BCUT2D eigenvalue weighted by Crippen LogP contribution is 2.30. The van der Waals surface area contributed by atoms with Crippen LogP contribution in [0.3, 0.4) is 0 Å². The molecule has 3 N–H and O–H groups in total. The average Bonchev–Trinajstić information content (AvgIpc) is 2.69. The van der Waals surface area contributed by atoms with Gasteiger partial charge >= 0.3 is 0 Å². The highest BCUT2D eigenvalue weighted by molar-refractivity contribution is 6.31. The summed E-state index contributed by atoms with van der Waals surface area (Å²) in [6.45, 7) is 1.48. The van der Waals surface area contributed by atoms with Crippen LogP contribution in [0.4, 0.5) is 21.7 Å². The highest BCUT2D eigenvalue weighted by Gasteiger charge is 2.16. The van der Waals surface area contributed by atoms with Crippen LogP contribution in [0, 0.1) is 5.82 Å². The van der Waals surface area contributed by atoms with E-state index in [0.717, 1.165) is 0 Å². The molecule has 8 nitrogen and oxygen atoms in total. The first-order valence-corrected chi connectivity index (χ1v) is 9.43. The molecule has 1 aliphatic heterocycles. The van der Waals surface area contributed by atoms with Crippen LogP contribution < -0.4 is 16.0 Å². The number of benzene rings is 1. The van der Waals surface area contributed by atoms with Gasteiger partial charge in [-0.1, -0.05) is 11.6 Å². The van der Waals surface area contributed by atoms with E-state index >= 15 is 0 Å². The number of anilines is 3. The maximum Gasteiger partial charge on any atom is 0.234 e. The number of aromatic nitrogens is 3. The Bertz CT molecular complexity index is 1080. The fourth-order valence-corrected chi connectivity index (χ4v) is 3.30. The van der Waals surface area contributed by atoms with Gasteiger partial charge in [-0.3, -0.25) is 9.69 Å². The lowest BCUT2D eigenvalue weighted by Gasteiger charge is -2.19. The summed E-state index contributed by atoms with van der Waals surface area (Å²) in [7, 11) is 1.79. The summed E-state index contributed by atoms with van der Waals surface area (Å²) in [5.74, 6) is 0.467. The molecule has 2 bridgehead atoms. The topological polar surface area (TPSA) is 95.1 Å². The number of pyridine rings is 1. The third kappa shape index (κ3) is 4.36. The summed E-state index contributed by atoms with van der Waals surface area (Å²) in [6.07, 6.45) is 1.44. The van der Waals surface area contributed by atoms with Crippen LogP contribution in [0.1, 0.15) is 5.56 Å². The number of halogens is 2. The lowest BCUT2D eigenvalue weighted by Crippen LogP contribution is -2.37. The van der Waals surface area contributed by atoms with Crippen LogP contribution in [0.25, 0.3) is 11.0 Å². The first kappa shape index (κ1) is 19.3. The Morgan fingerprint density at radius 1 is 1.14 bits per heavy atom. The molecule has 1 amide bonds. The zero-order chi connectivity index (χ0) is 20.4. The number of carbonyl (C=O) groups excluding carboxylic acids is 1. The zero-order valence-electron chi connectivity index (χ0n) is 15.7. The standard InChI is InChI=1S/C19H19ClFN7O/c1-28-8-11-6-13(21)12(20)7-15(11)26-19-18-14(24-10-25-19)2-3-16(27-18)22-4-5-23-17(29)9-28/h2-3,6-7,10H,4-5,8-9H2,1H3,(H,22,27)(H,23,29)(H,24,25,26). The van der Waals surface area contributed by atoms with Crippen molar-refractivity contribution in [2.24, 2.45) is 0 Å². The summed E-state index contributed by atoms with van der Waals surface area (Å²) in [4.78, 5) is 27.1. The quantitative estimate of drug-likeness (QED) is 0.519. The minimum Gasteiger partial charge on any atom is -0.368 e. The van der Waals surface area contributed by atoms with Gasteiger partial charge in [0.1, 0.15) is 23.5 Å². The Labute approximate surface area is 171 Å². The molecule has 1 aliphatic rings. The van der Waals surface area contributed by atoms with Gasteiger partial charge in [0.05, 0.1) is 17.1 Å². The Morgan fingerprint density at radius 2 is 1.97 bits per heavy atom. The molecule has 0 atom stereocenters. The van der Waals surface area contributed by atoms with Crippen LogP contribution in [0.2, 0.25) is 5.02 Å². The molecule has 3 heterocycles. The van der Waals surface area contributed by atoms with Crippen molar-refractivity contribution in [3.8, 4) is 0 Å². The molecule has 0 radical (unpaired) electrons. The van der Waals surface area contributed by atoms with E-state index in [2.05, 4.69) is 30.9 Å². The van der Waals surface area contributed by atoms with E-state index in [-0.39, 0.29) is 17.5 Å². The first-order valence-electron chi connectivity index (χ1n) is 9.05. The van der Waals surface area contributed by atoms with Crippen molar-refractivity contribution < 1.29 is 9.18 Å². The van der Waals surface area contributed by atoms with Gasteiger partial charge in [-0.2, -0.15) is 0 Å². The van der Waals surface area contributed by atoms with Crippen molar-refractivity contribution in [2.75, 3.05) is 37.3 Å². The van der Waals surface area contributed by atoms with E-state index < -0.39 is 5.82 Å². The molecule has 0 fully saturated rings. The zero-order valence-corrected chi connectivity index (χ0v) is 16.4. The number of hydrogen-bond acceptors (Lipinski definition) is 7. The predicted molar refractivity (Wildman–Crippen MR) is 110 cm³/mol. The van der Waals surface area contributed by atoms with E-state index in [0.29, 0.717) is 53.6 Å². The minimum absolute atomic E-state index is 0.0109.